The predicted molar refractivity (Wildman–Crippen MR) is 89.0 cm³/mol. The van der Waals surface area contributed by atoms with Gasteiger partial charge >= 0.3 is 5.97 Å². The standard InChI is InChI=1S/C15H18N4O5S/c1-9-13(10(2)19-18-9)25(23,24)17-8-7-16-14(20)11-5-3-4-6-12(11)15(21)22/h3-6,17H,7-8H2,1-2H3,(H,16,20)(H,18,19)(H,21,22). The van der Waals surface area contributed by atoms with Crippen molar-refractivity contribution < 1.29 is 23.1 Å². The fraction of sp³-hybridized carbons (Fsp3) is 0.267. The van der Waals surface area contributed by atoms with Gasteiger partial charge in [-0.1, -0.05) is 12.1 Å². The van der Waals surface area contributed by atoms with Crippen molar-refractivity contribution in [1.82, 2.24) is 20.2 Å². The van der Waals surface area contributed by atoms with E-state index >= 15 is 0 Å². The van der Waals surface area contributed by atoms with Crippen LogP contribution in [0.3, 0.4) is 0 Å². The molecule has 1 aromatic carbocycles. The average Bonchev–Trinajstić information content (AvgIpc) is 2.90. The Balaban J connectivity index is 1.96. The van der Waals surface area contributed by atoms with Gasteiger partial charge in [0.1, 0.15) is 4.90 Å². The lowest BCUT2D eigenvalue weighted by Crippen LogP contribution is -2.35. The summed E-state index contributed by atoms with van der Waals surface area (Å²) < 4.78 is 26.8. The summed E-state index contributed by atoms with van der Waals surface area (Å²) in [6.45, 7) is 3.12. The second-order valence-electron chi connectivity index (χ2n) is 5.27. The maximum atomic E-state index is 12.2. The Morgan fingerprint density at radius 2 is 1.80 bits per heavy atom. The van der Waals surface area contributed by atoms with Crippen LogP contribution < -0.4 is 10.0 Å². The second kappa shape index (κ2) is 7.45. The number of aromatic amines is 1. The SMILES string of the molecule is Cc1n[nH]c(C)c1S(=O)(=O)NCCNC(=O)c1ccccc1C(=O)O. The number of amides is 1. The molecule has 10 heteroatoms. The minimum atomic E-state index is -3.75. The summed E-state index contributed by atoms with van der Waals surface area (Å²) in [6, 6.07) is 5.78. The van der Waals surface area contributed by atoms with Crippen LogP contribution in [0.15, 0.2) is 29.2 Å². The first-order chi connectivity index (χ1) is 11.7. The largest absolute Gasteiger partial charge is 0.478 e. The van der Waals surface area contributed by atoms with Gasteiger partial charge in [-0.3, -0.25) is 9.89 Å². The summed E-state index contributed by atoms with van der Waals surface area (Å²) in [5.74, 6) is -1.80. The van der Waals surface area contributed by atoms with Crippen LogP contribution in [0.25, 0.3) is 0 Å². The number of hydrogen-bond acceptors (Lipinski definition) is 5. The number of benzene rings is 1. The van der Waals surface area contributed by atoms with Gasteiger partial charge in [0.15, 0.2) is 0 Å². The fourth-order valence-electron chi connectivity index (χ4n) is 2.33. The number of aryl methyl sites for hydroxylation is 2. The molecular formula is C15H18N4O5S. The van der Waals surface area contributed by atoms with Crippen molar-refractivity contribution in [2.45, 2.75) is 18.7 Å². The Hall–Kier alpha value is -2.72. The smallest absolute Gasteiger partial charge is 0.336 e. The number of sulfonamides is 1. The molecule has 0 atom stereocenters. The molecule has 1 amide bonds. The number of carbonyl (C=O) groups is 2. The number of carbonyl (C=O) groups excluding carboxylic acids is 1. The van der Waals surface area contributed by atoms with E-state index in [0.29, 0.717) is 11.4 Å². The lowest BCUT2D eigenvalue weighted by Gasteiger charge is -2.09. The summed E-state index contributed by atoms with van der Waals surface area (Å²) >= 11 is 0. The first-order valence-corrected chi connectivity index (χ1v) is 8.84. The van der Waals surface area contributed by atoms with Gasteiger partial charge in [-0.25, -0.2) is 17.9 Å². The van der Waals surface area contributed by atoms with Crippen molar-refractivity contribution in [3.8, 4) is 0 Å². The topological polar surface area (TPSA) is 141 Å². The van der Waals surface area contributed by atoms with Crippen molar-refractivity contribution in [1.29, 1.82) is 0 Å². The van der Waals surface area contributed by atoms with Crippen LogP contribution in [0.2, 0.25) is 0 Å². The molecule has 0 bridgehead atoms. The molecule has 0 aliphatic carbocycles. The third-order valence-corrected chi connectivity index (χ3v) is 5.16. The van der Waals surface area contributed by atoms with Gasteiger partial charge in [-0.05, 0) is 26.0 Å². The molecule has 0 saturated heterocycles. The van der Waals surface area contributed by atoms with E-state index in [1.165, 1.54) is 18.2 Å². The van der Waals surface area contributed by atoms with E-state index in [2.05, 4.69) is 20.2 Å². The molecule has 4 N–H and O–H groups in total. The Morgan fingerprint density at radius 1 is 1.16 bits per heavy atom. The van der Waals surface area contributed by atoms with Crippen molar-refractivity contribution >= 4 is 21.9 Å². The Bertz CT molecular complexity index is 885. The quantitative estimate of drug-likeness (QED) is 0.524. The maximum Gasteiger partial charge on any atom is 0.336 e. The molecule has 9 nitrogen and oxygen atoms in total. The summed E-state index contributed by atoms with van der Waals surface area (Å²) in [6.07, 6.45) is 0. The molecule has 2 aromatic rings. The van der Waals surface area contributed by atoms with Gasteiger partial charge in [-0.2, -0.15) is 5.10 Å². The second-order valence-corrected chi connectivity index (χ2v) is 6.97. The summed E-state index contributed by atoms with van der Waals surface area (Å²) in [7, 11) is -3.75. The van der Waals surface area contributed by atoms with Gasteiger partial charge in [-0.15, -0.1) is 0 Å². The monoisotopic (exact) mass is 366 g/mol. The molecule has 0 aliphatic rings. The van der Waals surface area contributed by atoms with Gasteiger partial charge in [0.2, 0.25) is 10.0 Å². The Kier molecular flexibility index (Phi) is 5.55. The van der Waals surface area contributed by atoms with Gasteiger partial charge in [0, 0.05) is 13.1 Å². The highest BCUT2D eigenvalue weighted by Crippen LogP contribution is 2.15. The number of nitrogens with zero attached hydrogens (tertiary/aromatic N) is 1. The van der Waals surface area contributed by atoms with Crippen LogP contribution in [0, 0.1) is 13.8 Å². The van der Waals surface area contributed by atoms with Crippen LogP contribution in [0.4, 0.5) is 0 Å². The number of carboxylic acids is 1. The van der Waals surface area contributed by atoms with E-state index in [4.69, 9.17) is 5.11 Å². The summed E-state index contributed by atoms with van der Waals surface area (Å²) in [5, 5.41) is 18.0. The van der Waals surface area contributed by atoms with Crippen LogP contribution in [-0.2, 0) is 10.0 Å². The zero-order valence-corrected chi connectivity index (χ0v) is 14.5. The fourth-order valence-corrected chi connectivity index (χ4v) is 3.73. The van der Waals surface area contributed by atoms with E-state index in [1.807, 2.05) is 0 Å². The van der Waals surface area contributed by atoms with Crippen molar-refractivity contribution in [2.75, 3.05) is 13.1 Å². The third kappa shape index (κ3) is 4.22. The molecule has 25 heavy (non-hydrogen) atoms. The van der Waals surface area contributed by atoms with Gasteiger partial charge < -0.3 is 10.4 Å². The van der Waals surface area contributed by atoms with Crippen LogP contribution in [0.1, 0.15) is 32.1 Å². The molecule has 0 spiro atoms. The van der Waals surface area contributed by atoms with E-state index in [1.54, 1.807) is 19.9 Å². The molecule has 0 unspecified atom stereocenters. The molecular weight excluding hydrogens is 348 g/mol. The molecule has 1 aromatic heterocycles. The van der Waals surface area contributed by atoms with Crippen LogP contribution in [-0.4, -0.2) is 48.7 Å². The lowest BCUT2D eigenvalue weighted by atomic mass is 10.1. The van der Waals surface area contributed by atoms with E-state index in [0.717, 1.165) is 0 Å². The van der Waals surface area contributed by atoms with Gasteiger partial charge in [0.25, 0.3) is 5.91 Å². The number of hydrogen-bond donors (Lipinski definition) is 4. The Labute approximate surface area is 144 Å². The van der Waals surface area contributed by atoms with E-state index < -0.39 is 21.9 Å². The predicted octanol–water partition coefficient (Wildman–Crippen LogP) is 0.433. The number of aromatic carboxylic acids is 1. The molecule has 0 saturated carbocycles. The molecule has 2 rings (SSSR count). The van der Waals surface area contributed by atoms with Gasteiger partial charge in [0.05, 0.1) is 22.5 Å². The Morgan fingerprint density at radius 3 is 2.36 bits per heavy atom. The zero-order chi connectivity index (χ0) is 18.6. The lowest BCUT2D eigenvalue weighted by molar-refractivity contribution is 0.0691. The third-order valence-electron chi connectivity index (χ3n) is 3.43. The number of H-pyrrole nitrogens is 1. The number of nitrogens with one attached hydrogen (secondary N) is 3. The van der Waals surface area contributed by atoms with Crippen LogP contribution >= 0.6 is 0 Å². The highest BCUT2D eigenvalue weighted by Gasteiger charge is 2.22. The van der Waals surface area contributed by atoms with Crippen molar-refractivity contribution in [2.24, 2.45) is 0 Å². The molecule has 1 heterocycles. The van der Waals surface area contributed by atoms with Crippen molar-refractivity contribution in [3.05, 3.63) is 46.8 Å². The molecule has 0 fully saturated rings. The highest BCUT2D eigenvalue weighted by molar-refractivity contribution is 7.89. The summed E-state index contributed by atoms with van der Waals surface area (Å²) in [4.78, 5) is 23.2. The molecule has 0 aliphatic heterocycles. The average molecular weight is 366 g/mol. The van der Waals surface area contributed by atoms with E-state index in [-0.39, 0.29) is 29.1 Å². The first kappa shape index (κ1) is 18.6. The minimum absolute atomic E-state index is 0.00195. The molecule has 134 valence electrons. The highest BCUT2D eigenvalue weighted by atomic mass is 32.2. The zero-order valence-electron chi connectivity index (χ0n) is 13.7. The van der Waals surface area contributed by atoms with Crippen LogP contribution in [0.5, 0.6) is 0 Å². The number of rotatable bonds is 7. The maximum absolute atomic E-state index is 12.2. The number of carboxylic acid groups (broad SMARTS) is 1. The normalized spacial score (nSPS) is 11.3. The first-order valence-electron chi connectivity index (χ1n) is 7.36. The molecule has 0 radical (unpaired) electrons. The summed E-state index contributed by atoms with van der Waals surface area (Å²) in [5.41, 5.74) is 0.665. The van der Waals surface area contributed by atoms with Crippen molar-refractivity contribution in [3.63, 3.8) is 0 Å². The number of aromatic nitrogens is 2. The minimum Gasteiger partial charge on any atom is -0.478 e. The van der Waals surface area contributed by atoms with E-state index in [9.17, 15) is 18.0 Å².